The van der Waals surface area contributed by atoms with Crippen LogP contribution in [-0.4, -0.2) is 6.61 Å². The Morgan fingerprint density at radius 3 is 2.46 bits per heavy atom. The van der Waals surface area contributed by atoms with Crippen molar-refractivity contribution in [3.8, 4) is 0 Å². The molecule has 1 aromatic carbocycles. The molecule has 0 aliphatic heterocycles. The van der Waals surface area contributed by atoms with Crippen molar-refractivity contribution in [3.05, 3.63) is 32.2 Å². The zero-order chi connectivity index (χ0) is 9.84. The first kappa shape index (κ1) is 11.2. The van der Waals surface area contributed by atoms with Crippen LogP contribution in [0.3, 0.4) is 0 Å². The van der Waals surface area contributed by atoms with Gasteiger partial charge in [0.15, 0.2) is 0 Å². The predicted octanol–water partition coefficient (Wildman–Crippen LogP) is 4.06. The lowest BCUT2D eigenvalue weighted by Crippen LogP contribution is -1.95. The first-order valence-electron chi connectivity index (χ1n) is 4.17. The van der Waals surface area contributed by atoms with Crippen LogP contribution < -0.4 is 0 Å². The van der Waals surface area contributed by atoms with Crippen LogP contribution in [0.4, 0.5) is 0 Å². The van der Waals surface area contributed by atoms with Crippen LogP contribution in [0.15, 0.2) is 21.1 Å². The molecular weight excluding hydrogens is 296 g/mol. The van der Waals surface area contributed by atoms with E-state index in [1.165, 1.54) is 11.1 Å². The summed E-state index contributed by atoms with van der Waals surface area (Å²) in [4.78, 5) is 0. The van der Waals surface area contributed by atoms with Crippen molar-refractivity contribution in [2.45, 2.75) is 20.5 Å². The summed E-state index contributed by atoms with van der Waals surface area (Å²) >= 11 is 6.93. The van der Waals surface area contributed by atoms with Crippen molar-refractivity contribution in [1.29, 1.82) is 0 Å². The van der Waals surface area contributed by atoms with E-state index in [1.54, 1.807) is 0 Å². The number of ether oxygens (including phenoxy) is 1. The van der Waals surface area contributed by atoms with E-state index >= 15 is 0 Å². The number of halogens is 2. The Hall–Kier alpha value is 0.140. The molecule has 1 rings (SSSR count). The van der Waals surface area contributed by atoms with Crippen LogP contribution in [-0.2, 0) is 11.3 Å². The quantitative estimate of drug-likeness (QED) is 0.818. The Morgan fingerprint density at radius 1 is 1.23 bits per heavy atom. The second-order valence-electron chi connectivity index (χ2n) is 2.83. The van der Waals surface area contributed by atoms with Gasteiger partial charge in [0, 0.05) is 15.6 Å². The minimum Gasteiger partial charge on any atom is -0.377 e. The number of rotatable bonds is 3. The Kier molecular flexibility index (Phi) is 4.42. The average Bonchev–Trinajstić information content (AvgIpc) is 2.09. The van der Waals surface area contributed by atoms with Gasteiger partial charge in [-0.1, -0.05) is 0 Å². The molecule has 0 radical (unpaired) electrons. The Labute approximate surface area is 95.7 Å². The summed E-state index contributed by atoms with van der Waals surface area (Å²) in [5.74, 6) is 0. The van der Waals surface area contributed by atoms with E-state index < -0.39 is 0 Å². The molecule has 0 aliphatic carbocycles. The molecule has 0 aromatic heterocycles. The minimum absolute atomic E-state index is 0.689. The van der Waals surface area contributed by atoms with Crippen LogP contribution in [0.25, 0.3) is 0 Å². The Balaban J connectivity index is 2.88. The number of benzene rings is 1. The molecule has 0 unspecified atom stereocenters. The fourth-order valence-electron chi connectivity index (χ4n) is 1.05. The normalized spacial score (nSPS) is 10.5. The largest absolute Gasteiger partial charge is 0.377 e. The highest BCUT2D eigenvalue weighted by Crippen LogP contribution is 2.26. The van der Waals surface area contributed by atoms with Gasteiger partial charge in [-0.05, 0) is 69.0 Å². The highest BCUT2D eigenvalue weighted by Gasteiger charge is 2.03. The van der Waals surface area contributed by atoms with Crippen LogP contribution >= 0.6 is 31.9 Å². The Morgan fingerprint density at radius 2 is 1.85 bits per heavy atom. The lowest BCUT2D eigenvalue weighted by Gasteiger charge is -2.07. The van der Waals surface area contributed by atoms with Crippen molar-refractivity contribution >= 4 is 31.9 Å². The van der Waals surface area contributed by atoms with Gasteiger partial charge in [0.2, 0.25) is 0 Å². The van der Waals surface area contributed by atoms with E-state index in [0.717, 1.165) is 15.6 Å². The minimum atomic E-state index is 0.689. The van der Waals surface area contributed by atoms with Crippen molar-refractivity contribution in [2.24, 2.45) is 0 Å². The van der Waals surface area contributed by atoms with Crippen molar-refractivity contribution in [2.75, 3.05) is 6.61 Å². The standard InChI is InChI=1S/C10H12Br2O/c1-3-13-6-8-5-10(12)9(11)4-7(8)2/h4-5H,3,6H2,1-2H3. The van der Waals surface area contributed by atoms with Gasteiger partial charge in [0.05, 0.1) is 6.61 Å². The third-order valence-corrected chi connectivity index (χ3v) is 3.68. The highest BCUT2D eigenvalue weighted by molar-refractivity contribution is 9.13. The predicted molar refractivity (Wildman–Crippen MR) is 61.9 cm³/mol. The molecule has 0 N–H and O–H groups in total. The number of hydrogen-bond donors (Lipinski definition) is 0. The second-order valence-corrected chi connectivity index (χ2v) is 4.54. The third-order valence-electron chi connectivity index (χ3n) is 1.84. The summed E-state index contributed by atoms with van der Waals surface area (Å²) in [5.41, 5.74) is 2.49. The molecular formula is C10H12Br2O. The smallest absolute Gasteiger partial charge is 0.0719 e. The molecule has 1 nitrogen and oxygen atoms in total. The molecule has 0 saturated carbocycles. The van der Waals surface area contributed by atoms with Gasteiger partial charge in [-0.15, -0.1) is 0 Å². The van der Waals surface area contributed by atoms with Gasteiger partial charge >= 0.3 is 0 Å². The highest BCUT2D eigenvalue weighted by atomic mass is 79.9. The SMILES string of the molecule is CCOCc1cc(Br)c(Br)cc1C. The van der Waals surface area contributed by atoms with E-state index in [-0.39, 0.29) is 0 Å². The molecule has 0 fully saturated rings. The maximum Gasteiger partial charge on any atom is 0.0719 e. The van der Waals surface area contributed by atoms with E-state index in [0.29, 0.717) is 6.61 Å². The fourth-order valence-corrected chi connectivity index (χ4v) is 1.90. The van der Waals surface area contributed by atoms with Crippen LogP contribution in [0, 0.1) is 6.92 Å². The van der Waals surface area contributed by atoms with E-state index in [2.05, 4.69) is 50.9 Å². The molecule has 13 heavy (non-hydrogen) atoms. The molecule has 0 amide bonds. The van der Waals surface area contributed by atoms with Gasteiger partial charge in [0.25, 0.3) is 0 Å². The molecule has 1 aromatic rings. The van der Waals surface area contributed by atoms with Crippen LogP contribution in [0.1, 0.15) is 18.1 Å². The number of hydrogen-bond acceptors (Lipinski definition) is 1. The molecule has 0 aliphatic rings. The Bertz CT molecular complexity index is 297. The summed E-state index contributed by atoms with van der Waals surface area (Å²) in [7, 11) is 0. The monoisotopic (exact) mass is 306 g/mol. The summed E-state index contributed by atoms with van der Waals surface area (Å²) in [6.07, 6.45) is 0. The molecule has 0 spiro atoms. The molecule has 0 heterocycles. The lowest BCUT2D eigenvalue weighted by molar-refractivity contribution is 0.133. The average molecular weight is 308 g/mol. The van der Waals surface area contributed by atoms with Crippen LogP contribution in [0.5, 0.6) is 0 Å². The maximum atomic E-state index is 5.36. The van der Waals surface area contributed by atoms with Gasteiger partial charge in [0.1, 0.15) is 0 Å². The first-order valence-corrected chi connectivity index (χ1v) is 5.76. The summed E-state index contributed by atoms with van der Waals surface area (Å²) < 4.78 is 7.52. The first-order chi connectivity index (χ1) is 6.15. The van der Waals surface area contributed by atoms with Gasteiger partial charge in [-0.3, -0.25) is 0 Å². The molecule has 0 bridgehead atoms. The van der Waals surface area contributed by atoms with Gasteiger partial charge < -0.3 is 4.74 Å². The molecule has 72 valence electrons. The van der Waals surface area contributed by atoms with E-state index in [4.69, 9.17) is 4.74 Å². The van der Waals surface area contributed by atoms with Crippen molar-refractivity contribution < 1.29 is 4.74 Å². The lowest BCUT2D eigenvalue weighted by atomic mass is 10.1. The second kappa shape index (κ2) is 5.13. The van der Waals surface area contributed by atoms with E-state index in [9.17, 15) is 0 Å². The van der Waals surface area contributed by atoms with Crippen molar-refractivity contribution in [1.82, 2.24) is 0 Å². The summed E-state index contributed by atoms with van der Waals surface area (Å²) in [6, 6.07) is 4.19. The van der Waals surface area contributed by atoms with E-state index in [1.807, 2.05) is 6.92 Å². The summed E-state index contributed by atoms with van der Waals surface area (Å²) in [5, 5.41) is 0. The third kappa shape index (κ3) is 3.08. The topological polar surface area (TPSA) is 9.23 Å². The van der Waals surface area contributed by atoms with Crippen LogP contribution in [0.2, 0.25) is 0 Å². The molecule has 3 heteroatoms. The number of aryl methyl sites for hydroxylation is 1. The molecule has 0 saturated heterocycles. The fraction of sp³-hybridized carbons (Fsp3) is 0.400. The maximum absolute atomic E-state index is 5.36. The zero-order valence-corrected chi connectivity index (χ0v) is 10.9. The zero-order valence-electron chi connectivity index (χ0n) is 7.73. The van der Waals surface area contributed by atoms with Gasteiger partial charge in [-0.25, -0.2) is 0 Å². The van der Waals surface area contributed by atoms with Crippen molar-refractivity contribution in [3.63, 3.8) is 0 Å². The summed E-state index contributed by atoms with van der Waals surface area (Å²) in [6.45, 7) is 5.54. The van der Waals surface area contributed by atoms with Gasteiger partial charge in [-0.2, -0.15) is 0 Å². The molecule has 0 atom stereocenters.